The van der Waals surface area contributed by atoms with Gasteiger partial charge in [0.25, 0.3) is 10.0 Å². The molecule has 13 heteroatoms. The summed E-state index contributed by atoms with van der Waals surface area (Å²) in [5.74, 6) is -1.49. The predicted octanol–water partition coefficient (Wildman–Crippen LogP) is 3.78. The van der Waals surface area contributed by atoms with Crippen LogP contribution in [0.4, 0.5) is 15.2 Å². The van der Waals surface area contributed by atoms with Crippen LogP contribution in [0.15, 0.2) is 23.2 Å². The van der Waals surface area contributed by atoms with Crippen molar-refractivity contribution in [3.63, 3.8) is 0 Å². The Labute approximate surface area is 199 Å². The van der Waals surface area contributed by atoms with Gasteiger partial charge in [-0.2, -0.15) is 0 Å². The quantitative estimate of drug-likeness (QED) is 0.596. The summed E-state index contributed by atoms with van der Waals surface area (Å²) in [5, 5.41) is 3.37. The number of thiazole rings is 1. The van der Waals surface area contributed by atoms with Gasteiger partial charge in [-0.05, 0) is 31.5 Å². The molecule has 0 radical (unpaired) electrons. The molecule has 3 fully saturated rings. The molecule has 0 aliphatic carbocycles. The van der Waals surface area contributed by atoms with Gasteiger partial charge in [-0.15, -0.1) is 0 Å². The van der Waals surface area contributed by atoms with E-state index in [1.807, 2.05) is 0 Å². The van der Waals surface area contributed by atoms with Crippen LogP contribution in [0.2, 0.25) is 9.36 Å². The van der Waals surface area contributed by atoms with Gasteiger partial charge in [-0.1, -0.05) is 34.5 Å². The average molecular weight is 523 g/mol. The number of hydrogen-bond donors (Lipinski definition) is 2. The first-order valence-corrected chi connectivity index (χ1v) is 13.2. The normalized spacial score (nSPS) is 24.8. The first-order chi connectivity index (χ1) is 15.2. The second-order valence-corrected chi connectivity index (χ2v) is 11.9. The molecule has 2 N–H and O–H groups in total. The highest BCUT2D eigenvalue weighted by Crippen LogP contribution is 2.47. The summed E-state index contributed by atoms with van der Waals surface area (Å²) >= 11 is 13.1. The van der Waals surface area contributed by atoms with Crippen molar-refractivity contribution in [2.45, 2.75) is 35.5 Å². The third kappa shape index (κ3) is 4.08. The van der Waals surface area contributed by atoms with E-state index >= 15 is 0 Å². The van der Waals surface area contributed by atoms with E-state index in [4.69, 9.17) is 32.7 Å². The lowest BCUT2D eigenvalue weighted by Gasteiger charge is -2.32. The van der Waals surface area contributed by atoms with E-state index in [1.54, 1.807) is 0 Å². The number of sulfonamides is 1. The maximum Gasteiger partial charge on any atom is 0.266 e. The summed E-state index contributed by atoms with van der Waals surface area (Å²) in [4.78, 5) is 5.63. The summed E-state index contributed by atoms with van der Waals surface area (Å²) in [6, 6.07) is 2.20. The molecule has 2 aromatic rings. The molecule has 32 heavy (non-hydrogen) atoms. The van der Waals surface area contributed by atoms with Gasteiger partial charge in [0, 0.05) is 18.5 Å². The van der Waals surface area contributed by atoms with Crippen LogP contribution < -0.4 is 10.0 Å². The van der Waals surface area contributed by atoms with Crippen LogP contribution in [-0.2, 0) is 19.5 Å². The standard InChI is InChI=1S/C19H21Cl2FN4O4S2/c20-12-6-15(32(27,28)25-17-23-8-16(21)31-17)13(22)7-14(12)24-10-18-2-1-3-26(18)11-19(9-18)29-4-5-30-19/h6-8,24H,1-5,9-11H2,(H,23,25)/t18-/m0/s1. The first-order valence-electron chi connectivity index (χ1n) is 10.1. The lowest BCUT2D eigenvalue weighted by Crippen LogP contribution is -2.44. The first kappa shape index (κ1) is 22.6. The topological polar surface area (TPSA) is 92.8 Å². The summed E-state index contributed by atoms with van der Waals surface area (Å²) in [6.07, 6.45) is 4.05. The second kappa shape index (κ2) is 8.23. The minimum Gasteiger partial charge on any atom is -0.382 e. The summed E-state index contributed by atoms with van der Waals surface area (Å²) in [6.45, 7) is 3.35. The Morgan fingerprint density at radius 3 is 2.78 bits per heavy atom. The van der Waals surface area contributed by atoms with Crippen molar-refractivity contribution >= 4 is 55.4 Å². The Hall–Kier alpha value is -1.21. The Balaban J connectivity index is 1.34. The lowest BCUT2D eigenvalue weighted by molar-refractivity contribution is -0.147. The smallest absolute Gasteiger partial charge is 0.266 e. The number of rotatable bonds is 6. The highest BCUT2D eigenvalue weighted by Gasteiger charge is 2.58. The molecule has 174 valence electrons. The SMILES string of the molecule is O=S(=O)(Nc1ncc(Cl)s1)c1cc(Cl)c(NC[C@@]23CCCN2CC2(C3)OCCO2)cc1F. The molecular weight excluding hydrogens is 502 g/mol. The minimum absolute atomic E-state index is 0.0414. The second-order valence-electron chi connectivity index (χ2n) is 8.22. The number of hydrogen-bond acceptors (Lipinski definition) is 8. The fraction of sp³-hybridized carbons (Fsp3) is 0.526. The maximum atomic E-state index is 14.8. The summed E-state index contributed by atoms with van der Waals surface area (Å²) in [7, 11) is -4.22. The molecule has 1 aromatic heterocycles. The Bertz CT molecular complexity index is 1140. The van der Waals surface area contributed by atoms with Crippen molar-refractivity contribution in [1.82, 2.24) is 9.88 Å². The molecular formula is C19H21Cl2FN4O4S2. The minimum atomic E-state index is -4.22. The van der Waals surface area contributed by atoms with E-state index in [0.717, 1.165) is 49.3 Å². The molecule has 0 unspecified atom stereocenters. The molecule has 1 aromatic carbocycles. The van der Waals surface area contributed by atoms with Crippen LogP contribution in [0.3, 0.4) is 0 Å². The van der Waals surface area contributed by atoms with Gasteiger partial charge in [0.2, 0.25) is 0 Å². The number of benzene rings is 1. The molecule has 1 atom stereocenters. The van der Waals surface area contributed by atoms with E-state index in [2.05, 4.69) is 19.9 Å². The molecule has 0 bridgehead atoms. The van der Waals surface area contributed by atoms with Gasteiger partial charge in [-0.3, -0.25) is 9.62 Å². The van der Waals surface area contributed by atoms with Crippen molar-refractivity contribution in [2.24, 2.45) is 0 Å². The molecule has 0 saturated carbocycles. The van der Waals surface area contributed by atoms with Crippen LogP contribution >= 0.6 is 34.5 Å². The Morgan fingerprint density at radius 1 is 1.28 bits per heavy atom. The third-order valence-electron chi connectivity index (χ3n) is 6.20. The zero-order valence-electron chi connectivity index (χ0n) is 16.9. The lowest BCUT2D eigenvalue weighted by atomic mass is 9.92. The van der Waals surface area contributed by atoms with Crippen LogP contribution in [0.1, 0.15) is 19.3 Å². The van der Waals surface area contributed by atoms with E-state index in [-0.39, 0.29) is 15.7 Å². The Morgan fingerprint density at radius 2 is 2.06 bits per heavy atom. The average Bonchev–Trinajstić information content (AvgIpc) is 3.48. The molecule has 8 nitrogen and oxygen atoms in total. The van der Waals surface area contributed by atoms with Crippen LogP contribution in [0.5, 0.6) is 0 Å². The Kier molecular flexibility index (Phi) is 5.80. The van der Waals surface area contributed by atoms with Crippen molar-refractivity contribution < 1.29 is 22.3 Å². The van der Waals surface area contributed by atoms with Crippen molar-refractivity contribution in [3.8, 4) is 0 Å². The van der Waals surface area contributed by atoms with E-state index in [1.165, 1.54) is 6.20 Å². The van der Waals surface area contributed by atoms with Crippen LogP contribution in [0, 0.1) is 5.82 Å². The number of fused-ring (bicyclic) bond motifs is 1. The molecule has 0 amide bonds. The third-order valence-corrected chi connectivity index (χ3v) is 9.03. The molecule has 1 spiro atoms. The van der Waals surface area contributed by atoms with E-state index < -0.39 is 26.5 Å². The van der Waals surface area contributed by atoms with Gasteiger partial charge in [-0.25, -0.2) is 17.8 Å². The molecule has 3 aliphatic heterocycles. The molecule has 4 heterocycles. The van der Waals surface area contributed by atoms with Gasteiger partial charge in [0.1, 0.15) is 15.0 Å². The van der Waals surface area contributed by atoms with Gasteiger partial charge < -0.3 is 14.8 Å². The van der Waals surface area contributed by atoms with Crippen molar-refractivity contribution in [1.29, 1.82) is 0 Å². The van der Waals surface area contributed by atoms with E-state index in [0.29, 0.717) is 36.3 Å². The fourth-order valence-corrected chi connectivity index (χ4v) is 7.28. The predicted molar refractivity (Wildman–Crippen MR) is 121 cm³/mol. The van der Waals surface area contributed by atoms with Gasteiger partial charge in [0.05, 0.1) is 36.7 Å². The number of nitrogens with zero attached hydrogens (tertiary/aromatic N) is 2. The monoisotopic (exact) mass is 522 g/mol. The summed E-state index contributed by atoms with van der Waals surface area (Å²) < 4.78 is 54.4. The molecule has 5 rings (SSSR count). The number of nitrogens with one attached hydrogen (secondary N) is 2. The fourth-order valence-electron chi connectivity index (χ4n) is 4.84. The van der Waals surface area contributed by atoms with Crippen molar-refractivity contribution in [2.75, 3.05) is 42.9 Å². The van der Waals surface area contributed by atoms with Gasteiger partial charge in [0.15, 0.2) is 10.9 Å². The van der Waals surface area contributed by atoms with Crippen LogP contribution in [0.25, 0.3) is 0 Å². The zero-order chi connectivity index (χ0) is 22.6. The number of anilines is 2. The zero-order valence-corrected chi connectivity index (χ0v) is 20.0. The number of halogens is 3. The highest BCUT2D eigenvalue weighted by atomic mass is 35.5. The summed E-state index contributed by atoms with van der Waals surface area (Å²) in [5.41, 5.74) is 0.149. The van der Waals surface area contributed by atoms with Gasteiger partial charge >= 0.3 is 0 Å². The largest absolute Gasteiger partial charge is 0.382 e. The van der Waals surface area contributed by atoms with Crippen molar-refractivity contribution in [3.05, 3.63) is 33.5 Å². The van der Waals surface area contributed by atoms with Crippen LogP contribution in [-0.4, -0.2) is 62.5 Å². The van der Waals surface area contributed by atoms with E-state index in [9.17, 15) is 12.8 Å². The maximum absolute atomic E-state index is 14.8. The highest BCUT2D eigenvalue weighted by molar-refractivity contribution is 7.93. The molecule has 3 aliphatic rings. The number of ether oxygens (including phenoxy) is 2. The number of aromatic nitrogens is 1. The molecule has 3 saturated heterocycles.